The zero-order valence-corrected chi connectivity index (χ0v) is 19.1. The van der Waals surface area contributed by atoms with Crippen LogP contribution in [0.15, 0.2) is 84.9 Å². The van der Waals surface area contributed by atoms with E-state index in [-0.39, 0.29) is 0 Å². The normalized spacial score (nSPS) is 17.6. The Kier molecular flexibility index (Phi) is 7.56. The van der Waals surface area contributed by atoms with Gasteiger partial charge in [0.25, 0.3) is 0 Å². The summed E-state index contributed by atoms with van der Waals surface area (Å²) in [4.78, 5) is 5.43. The Morgan fingerprint density at radius 3 is 1.74 bits per heavy atom. The van der Waals surface area contributed by atoms with Crippen LogP contribution in [0.4, 0.5) is 0 Å². The van der Waals surface area contributed by atoms with E-state index in [4.69, 9.17) is 0 Å². The summed E-state index contributed by atoms with van der Waals surface area (Å²) in [5, 5.41) is 0. The number of benzene rings is 3. The zero-order valence-electron chi connectivity index (χ0n) is 19.1. The van der Waals surface area contributed by atoms with Crippen molar-refractivity contribution >= 4 is 0 Å². The van der Waals surface area contributed by atoms with Crippen molar-refractivity contribution in [3.8, 4) is 0 Å². The molecule has 2 heterocycles. The maximum Gasteiger partial charge on any atom is 0.0601 e. The van der Waals surface area contributed by atoms with Crippen molar-refractivity contribution in [1.29, 1.82) is 0 Å². The Balaban J connectivity index is 0.00000112. The van der Waals surface area contributed by atoms with E-state index in [1.165, 1.54) is 42.5 Å². The molecule has 3 aromatic rings. The molecule has 2 nitrogen and oxygen atoms in total. The third-order valence-corrected chi connectivity index (χ3v) is 6.77. The van der Waals surface area contributed by atoms with Crippen molar-refractivity contribution in [1.82, 2.24) is 9.80 Å². The summed E-state index contributed by atoms with van der Waals surface area (Å²) in [6.07, 6.45) is 3.73. The minimum Gasteiger partial charge on any atom is -0.296 e. The van der Waals surface area contributed by atoms with Crippen LogP contribution in [0.3, 0.4) is 0 Å². The van der Waals surface area contributed by atoms with E-state index in [0.717, 1.165) is 19.6 Å². The maximum atomic E-state index is 2.74. The van der Waals surface area contributed by atoms with Gasteiger partial charge in [0.1, 0.15) is 0 Å². The molecule has 5 rings (SSSR count). The van der Waals surface area contributed by atoms with Gasteiger partial charge in [-0.3, -0.25) is 9.80 Å². The first-order valence-corrected chi connectivity index (χ1v) is 12.0. The fourth-order valence-corrected chi connectivity index (χ4v) is 5.22. The van der Waals surface area contributed by atoms with Crippen LogP contribution < -0.4 is 0 Å². The molecule has 2 heteroatoms. The quantitative estimate of drug-likeness (QED) is 0.494. The second kappa shape index (κ2) is 10.7. The van der Waals surface area contributed by atoms with Crippen molar-refractivity contribution in [3.63, 3.8) is 0 Å². The number of hydrogen-bond acceptors (Lipinski definition) is 2. The summed E-state index contributed by atoms with van der Waals surface area (Å²) in [6, 6.07) is 32.1. The van der Waals surface area contributed by atoms with Crippen LogP contribution in [-0.2, 0) is 13.0 Å². The lowest BCUT2D eigenvalue weighted by molar-refractivity contribution is 0.0843. The van der Waals surface area contributed by atoms with Crippen molar-refractivity contribution in [2.75, 3.05) is 19.6 Å². The molecule has 0 saturated carbocycles. The maximum absolute atomic E-state index is 2.74. The molecule has 1 fully saturated rings. The minimum atomic E-state index is 0.362. The Bertz CT molecular complexity index is 874. The molecule has 0 aliphatic carbocycles. The van der Waals surface area contributed by atoms with E-state index in [2.05, 4.69) is 94.7 Å². The second-order valence-corrected chi connectivity index (χ2v) is 8.48. The fraction of sp³-hybridized carbons (Fsp3) is 0.379. The third-order valence-electron chi connectivity index (χ3n) is 6.77. The first-order chi connectivity index (χ1) is 15.4. The molecule has 1 saturated heterocycles. The van der Waals surface area contributed by atoms with Gasteiger partial charge in [-0.15, -0.1) is 0 Å². The smallest absolute Gasteiger partial charge is 0.0601 e. The highest BCUT2D eigenvalue weighted by molar-refractivity contribution is 5.32. The lowest BCUT2D eigenvalue weighted by Crippen LogP contribution is -2.47. The van der Waals surface area contributed by atoms with Crippen molar-refractivity contribution < 1.29 is 0 Å². The van der Waals surface area contributed by atoms with E-state index in [0.29, 0.717) is 12.1 Å². The van der Waals surface area contributed by atoms with Gasteiger partial charge in [0.2, 0.25) is 0 Å². The molecule has 31 heavy (non-hydrogen) atoms. The predicted octanol–water partition coefficient (Wildman–Crippen LogP) is 6.32. The zero-order chi connectivity index (χ0) is 21.5. The molecule has 0 bridgehead atoms. The summed E-state index contributed by atoms with van der Waals surface area (Å²) in [5.41, 5.74) is 5.90. The highest BCUT2D eigenvalue weighted by atomic mass is 15.2. The highest BCUT2D eigenvalue weighted by Gasteiger charge is 2.31. The van der Waals surface area contributed by atoms with E-state index in [9.17, 15) is 0 Å². The van der Waals surface area contributed by atoms with Gasteiger partial charge >= 0.3 is 0 Å². The minimum absolute atomic E-state index is 0.362. The van der Waals surface area contributed by atoms with E-state index in [1.54, 1.807) is 5.56 Å². The van der Waals surface area contributed by atoms with Crippen LogP contribution >= 0.6 is 0 Å². The van der Waals surface area contributed by atoms with Crippen molar-refractivity contribution in [2.24, 2.45) is 0 Å². The van der Waals surface area contributed by atoms with Crippen molar-refractivity contribution in [3.05, 3.63) is 107 Å². The summed E-state index contributed by atoms with van der Waals surface area (Å²) in [6.45, 7) is 8.67. The molecule has 0 amide bonds. The topological polar surface area (TPSA) is 6.48 Å². The molecule has 2 aliphatic heterocycles. The van der Waals surface area contributed by atoms with Gasteiger partial charge in [0.05, 0.1) is 6.04 Å². The third kappa shape index (κ3) is 5.08. The molecule has 0 unspecified atom stereocenters. The lowest BCUT2D eigenvalue weighted by Gasteiger charge is -2.43. The number of likely N-dealkylation sites (tertiary alicyclic amines) is 1. The first-order valence-electron chi connectivity index (χ1n) is 12.0. The Morgan fingerprint density at radius 2 is 1.16 bits per heavy atom. The largest absolute Gasteiger partial charge is 0.296 e. The number of hydrogen-bond donors (Lipinski definition) is 0. The van der Waals surface area contributed by atoms with Gasteiger partial charge in [-0.1, -0.05) is 98.8 Å². The fourth-order valence-electron chi connectivity index (χ4n) is 5.22. The second-order valence-electron chi connectivity index (χ2n) is 8.48. The van der Waals surface area contributed by atoms with Gasteiger partial charge < -0.3 is 0 Å². The number of rotatable bonds is 4. The summed E-state index contributed by atoms with van der Waals surface area (Å²) < 4.78 is 0. The SMILES string of the molecule is CC.c1ccc(C(c2ccccc2)N2CCC(N3CCc4ccccc4C3)CC2)cc1. The molecule has 0 spiro atoms. The Morgan fingerprint density at radius 1 is 0.645 bits per heavy atom. The number of fused-ring (bicyclic) bond motifs is 1. The average Bonchev–Trinajstić information content (AvgIpc) is 2.87. The Hall–Kier alpha value is -2.42. The summed E-state index contributed by atoms with van der Waals surface area (Å²) in [7, 11) is 0. The average molecular weight is 413 g/mol. The van der Waals surface area contributed by atoms with Crippen LogP contribution in [0.2, 0.25) is 0 Å². The monoisotopic (exact) mass is 412 g/mol. The van der Waals surface area contributed by atoms with Crippen LogP contribution in [0.25, 0.3) is 0 Å². The molecule has 162 valence electrons. The van der Waals surface area contributed by atoms with Crippen molar-refractivity contribution in [2.45, 2.75) is 51.7 Å². The van der Waals surface area contributed by atoms with Crippen LogP contribution in [0, 0.1) is 0 Å². The van der Waals surface area contributed by atoms with E-state index in [1.807, 2.05) is 13.8 Å². The molecule has 3 aromatic carbocycles. The predicted molar refractivity (Wildman–Crippen MR) is 131 cm³/mol. The van der Waals surface area contributed by atoms with Gasteiger partial charge in [-0.25, -0.2) is 0 Å². The standard InChI is InChI=1S/C27H30N2.C2H6/c1-3-10-23(11-4-1)27(24-12-5-2-6-13-24)28-19-16-26(17-20-28)29-18-15-22-9-7-8-14-25(22)21-29;1-2/h1-14,26-27H,15-21H2;1-2H3. The van der Waals surface area contributed by atoms with Crippen LogP contribution in [0.1, 0.15) is 55.0 Å². The summed E-state index contributed by atoms with van der Waals surface area (Å²) >= 11 is 0. The van der Waals surface area contributed by atoms with Gasteiger partial charge in [0, 0.05) is 32.2 Å². The molecule has 0 radical (unpaired) electrons. The molecular formula is C29H36N2. The number of piperidine rings is 1. The number of nitrogens with zero attached hydrogens (tertiary/aromatic N) is 2. The van der Waals surface area contributed by atoms with E-state index < -0.39 is 0 Å². The van der Waals surface area contributed by atoms with Gasteiger partial charge in [-0.05, 0) is 41.5 Å². The summed E-state index contributed by atoms with van der Waals surface area (Å²) in [5.74, 6) is 0. The lowest BCUT2D eigenvalue weighted by atomic mass is 9.92. The molecule has 0 atom stereocenters. The molecule has 2 aliphatic rings. The van der Waals surface area contributed by atoms with Gasteiger partial charge in [-0.2, -0.15) is 0 Å². The first kappa shape index (κ1) is 21.8. The van der Waals surface area contributed by atoms with Crippen LogP contribution in [0.5, 0.6) is 0 Å². The van der Waals surface area contributed by atoms with Crippen LogP contribution in [-0.4, -0.2) is 35.5 Å². The molecule has 0 aromatic heterocycles. The highest BCUT2D eigenvalue weighted by Crippen LogP contribution is 2.33. The molecule has 0 N–H and O–H groups in total. The molecular weight excluding hydrogens is 376 g/mol. The van der Waals surface area contributed by atoms with E-state index >= 15 is 0 Å². The van der Waals surface area contributed by atoms with Gasteiger partial charge in [0.15, 0.2) is 0 Å². The Labute approximate surface area is 188 Å².